The van der Waals surface area contributed by atoms with Crippen molar-refractivity contribution < 1.29 is 28.7 Å². The maximum absolute atomic E-state index is 13.3. The van der Waals surface area contributed by atoms with Crippen LogP contribution in [0.15, 0.2) is 59.0 Å². The van der Waals surface area contributed by atoms with E-state index in [1.807, 2.05) is 81.0 Å². The fourth-order valence-corrected chi connectivity index (χ4v) is 4.93. The first-order valence-corrected chi connectivity index (χ1v) is 14.0. The molecule has 43 heavy (non-hydrogen) atoms. The number of rotatable bonds is 11. The first-order valence-electron chi connectivity index (χ1n) is 14.0. The van der Waals surface area contributed by atoms with Crippen molar-refractivity contribution in [2.75, 3.05) is 39.7 Å². The minimum atomic E-state index is -1.43. The molecule has 226 valence electrons. The van der Waals surface area contributed by atoms with Gasteiger partial charge in [0.2, 0.25) is 11.3 Å². The van der Waals surface area contributed by atoms with Gasteiger partial charge in [-0.3, -0.25) is 14.4 Å². The number of fused-ring (bicyclic) bond motifs is 2. The van der Waals surface area contributed by atoms with Crippen LogP contribution in [0.25, 0.3) is 33.4 Å². The summed E-state index contributed by atoms with van der Waals surface area (Å²) in [5, 5.41) is 19.6. The van der Waals surface area contributed by atoms with Gasteiger partial charge in [-0.1, -0.05) is 19.4 Å². The van der Waals surface area contributed by atoms with Gasteiger partial charge in [-0.2, -0.15) is 0 Å². The number of unbranched alkanes of at least 4 members (excludes halogenated alkanes) is 1. The fraction of sp³-hybridized carbons (Fsp3) is 0.312. The largest absolute Gasteiger partial charge is 0.545 e. The van der Waals surface area contributed by atoms with Gasteiger partial charge in [-0.05, 0) is 48.7 Å². The summed E-state index contributed by atoms with van der Waals surface area (Å²) in [7, 11) is 7.70. The van der Waals surface area contributed by atoms with Crippen LogP contribution in [0.3, 0.4) is 0 Å². The summed E-state index contributed by atoms with van der Waals surface area (Å²) >= 11 is 0. The molecule has 2 amide bonds. The van der Waals surface area contributed by atoms with Crippen LogP contribution < -0.4 is 36.5 Å². The van der Waals surface area contributed by atoms with Crippen LogP contribution in [0.4, 0.5) is 5.69 Å². The SMILES string of the molecule is CCCCC(NC(=O)CON)NC(=O)c1ccc(-c2c3ccc(=[N+](C)C)cc-3oc3cc(N(C)C)ccc23)c(C(=O)[O-])c1. The molecule has 0 saturated carbocycles. The highest BCUT2D eigenvalue weighted by Gasteiger charge is 2.23. The van der Waals surface area contributed by atoms with E-state index in [1.165, 1.54) is 6.07 Å². The van der Waals surface area contributed by atoms with Crippen molar-refractivity contribution in [1.29, 1.82) is 0 Å². The molecule has 4 N–H and O–H groups in total. The number of hydrogen-bond donors (Lipinski definition) is 3. The molecule has 2 aromatic carbocycles. The molecule has 11 nitrogen and oxygen atoms in total. The number of nitrogens with two attached hydrogens (primary N) is 1. The van der Waals surface area contributed by atoms with Crippen LogP contribution in [0.2, 0.25) is 0 Å². The molecule has 11 heteroatoms. The van der Waals surface area contributed by atoms with Crippen LogP contribution in [-0.2, 0) is 9.63 Å². The molecule has 1 aliphatic heterocycles. The smallest absolute Gasteiger partial charge is 0.252 e. The minimum absolute atomic E-state index is 0.104. The van der Waals surface area contributed by atoms with Gasteiger partial charge in [0.15, 0.2) is 0 Å². The Bertz CT molecular complexity index is 1710. The van der Waals surface area contributed by atoms with Gasteiger partial charge < -0.3 is 29.9 Å². The molecule has 2 aliphatic rings. The second kappa shape index (κ2) is 13.5. The van der Waals surface area contributed by atoms with Crippen molar-refractivity contribution in [3.63, 3.8) is 0 Å². The lowest BCUT2D eigenvalue weighted by Crippen LogP contribution is -2.49. The topological polar surface area (TPSA) is 153 Å². The van der Waals surface area contributed by atoms with Gasteiger partial charge in [-0.25, -0.2) is 10.5 Å². The van der Waals surface area contributed by atoms with E-state index >= 15 is 0 Å². The number of carboxylic acid groups (broad SMARTS) is 1. The summed E-state index contributed by atoms with van der Waals surface area (Å²) in [6, 6.07) is 15.9. The minimum Gasteiger partial charge on any atom is -0.545 e. The number of nitrogens with zero attached hydrogens (tertiary/aromatic N) is 2. The predicted octanol–water partition coefficient (Wildman–Crippen LogP) is 1.92. The van der Waals surface area contributed by atoms with Gasteiger partial charge in [0.25, 0.3) is 5.91 Å². The molecule has 1 aliphatic carbocycles. The van der Waals surface area contributed by atoms with E-state index in [9.17, 15) is 19.5 Å². The second-order valence-corrected chi connectivity index (χ2v) is 10.7. The zero-order valence-electron chi connectivity index (χ0n) is 25.0. The molecule has 1 atom stereocenters. The van der Waals surface area contributed by atoms with Crippen molar-refractivity contribution >= 4 is 34.4 Å². The Balaban J connectivity index is 1.85. The highest BCUT2D eigenvalue weighted by atomic mass is 16.6. The Labute approximate surface area is 249 Å². The number of nitrogens with one attached hydrogen (secondary N) is 2. The highest BCUT2D eigenvalue weighted by Crippen LogP contribution is 2.42. The average Bonchev–Trinajstić information content (AvgIpc) is 2.97. The van der Waals surface area contributed by atoms with E-state index < -0.39 is 23.9 Å². The van der Waals surface area contributed by atoms with E-state index in [0.717, 1.165) is 23.9 Å². The number of anilines is 1. The quantitative estimate of drug-likeness (QED) is 0.104. The number of benzene rings is 3. The Morgan fingerprint density at radius 1 is 1.02 bits per heavy atom. The molecule has 0 spiro atoms. The lowest BCUT2D eigenvalue weighted by atomic mass is 9.89. The molecule has 0 fully saturated rings. The molecular formula is C32H37N5O6. The number of carbonyl (C=O) groups excluding carboxylic acids is 3. The number of carbonyl (C=O) groups is 3. The molecule has 0 radical (unpaired) electrons. The van der Waals surface area contributed by atoms with Crippen molar-refractivity contribution in [2.45, 2.75) is 32.4 Å². The summed E-state index contributed by atoms with van der Waals surface area (Å²) in [5.41, 5.74) is 3.18. The second-order valence-electron chi connectivity index (χ2n) is 10.7. The fourth-order valence-electron chi connectivity index (χ4n) is 4.93. The van der Waals surface area contributed by atoms with Crippen LogP contribution >= 0.6 is 0 Å². The number of aromatic carboxylic acids is 1. The normalized spacial score (nSPS) is 11.8. The molecule has 0 aromatic heterocycles. The Kier molecular flexibility index (Phi) is 9.79. The van der Waals surface area contributed by atoms with Crippen molar-refractivity contribution in [2.24, 2.45) is 5.90 Å². The Morgan fingerprint density at radius 2 is 1.77 bits per heavy atom. The van der Waals surface area contributed by atoms with E-state index in [-0.39, 0.29) is 17.7 Å². The molecular weight excluding hydrogens is 550 g/mol. The zero-order valence-corrected chi connectivity index (χ0v) is 25.0. The summed E-state index contributed by atoms with van der Waals surface area (Å²) in [4.78, 5) is 44.2. The third-order valence-corrected chi connectivity index (χ3v) is 7.19. The highest BCUT2D eigenvalue weighted by molar-refractivity contribution is 6.09. The van der Waals surface area contributed by atoms with Crippen molar-refractivity contribution in [1.82, 2.24) is 15.2 Å². The lowest BCUT2D eigenvalue weighted by Gasteiger charge is -2.22. The molecule has 1 heterocycles. The van der Waals surface area contributed by atoms with Crippen LogP contribution in [0.1, 0.15) is 46.9 Å². The maximum atomic E-state index is 13.3. The third kappa shape index (κ3) is 7.02. The summed E-state index contributed by atoms with van der Waals surface area (Å²) in [6.07, 6.45) is 1.36. The van der Waals surface area contributed by atoms with Crippen LogP contribution in [-0.4, -0.2) is 58.7 Å². The predicted molar refractivity (Wildman–Crippen MR) is 163 cm³/mol. The van der Waals surface area contributed by atoms with E-state index in [1.54, 1.807) is 12.1 Å². The maximum Gasteiger partial charge on any atom is 0.252 e. The number of hydrogen-bond acceptors (Lipinski definition) is 8. The monoisotopic (exact) mass is 587 g/mol. The van der Waals surface area contributed by atoms with E-state index in [0.29, 0.717) is 39.8 Å². The molecule has 0 bridgehead atoms. The average molecular weight is 588 g/mol. The van der Waals surface area contributed by atoms with Gasteiger partial charge in [0.05, 0.1) is 12.0 Å². The van der Waals surface area contributed by atoms with Crippen LogP contribution in [0.5, 0.6) is 0 Å². The zero-order chi connectivity index (χ0) is 31.3. The van der Waals surface area contributed by atoms with Gasteiger partial charge in [0.1, 0.15) is 38.2 Å². The molecule has 0 saturated heterocycles. The standard InChI is InChI=1S/C32H37N5O6/c1-6-7-8-28(34-29(38)18-42-33)35-31(39)19-9-12-22(25(15-19)32(40)41)30-23-13-10-20(36(2)3)16-26(23)43-27-17-21(37(4)5)11-14-24(27)30/h9-17,28H,6-8,18,33H2,1-5H3,(H2-,34,35,38,39,40,41). The van der Waals surface area contributed by atoms with Crippen LogP contribution in [0, 0.1) is 0 Å². The molecule has 1 unspecified atom stereocenters. The first kappa shape index (κ1) is 31.2. The third-order valence-electron chi connectivity index (χ3n) is 7.19. The number of amides is 2. The summed E-state index contributed by atoms with van der Waals surface area (Å²) in [6.45, 7) is 1.63. The number of carboxylic acids is 1. The Hall–Kier alpha value is -4.74. The summed E-state index contributed by atoms with van der Waals surface area (Å²) in [5.74, 6) is 3.10. The van der Waals surface area contributed by atoms with Crippen molar-refractivity contribution in [3.8, 4) is 22.5 Å². The van der Waals surface area contributed by atoms with Crippen molar-refractivity contribution in [3.05, 3.63) is 71.1 Å². The molecule has 2 aromatic rings. The van der Waals surface area contributed by atoms with E-state index in [2.05, 4.69) is 15.5 Å². The molecule has 4 rings (SSSR count). The first-order chi connectivity index (χ1) is 20.5. The summed E-state index contributed by atoms with van der Waals surface area (Å²) < 4.78 is 8.30. The van der Waals surface area contributed by atoms with Gasteiger partial charge in [0, 0.05) is 59.6 Å². The van der Waals surface area contributed by atoms with Gasteiger partial charge >= 0.3 is 0 Å². The van der Waals surface area contributed by atoms with E-state index in [4.69, 9.17) is 10.3 Å². The van der Waals surface area contributed by atoms with Gasteiger partial charge in [-0.15, -0.1) is 0 Å². The Morgan fingerprint density at radius 3 is 2.42 bits per heavy atom. The lowest BCUT2D eigenvalue weighted by molar-refractivity contribution is -0.254.